The van der Waals surface area contributed by atoms with Crippen molar-refractivity contribution in [3.63, 3.8) is 0 Å². The highest BCUT2D eigenvalue weighted by Crippen LogP contribution is 2.23. The summed E-state index contributed by atoms with van der Waals surface area (Å²) in [5, 5.41) is 0. The van der Waals surface area contributed by atoms with E-state index in [9.17, 15) is 8.42 Å². The minimum atomic E-state index is -3.30. The van der Waals surface area contributed by atoms with Gasteiger partial charge in [0, 0.05) is 13.1 Å². The number of hydrogen-bond acceptors (Lipinski definition) is 2. The largest absolute Gasteiger partial charge is 0.301 e. The lowest BCUT2D eigenvalue weighted by Crippen LogP contribution is -2.21. The number of nitrogens with one attached hydrogen (secondary N) is 1. The Balaban J connectivity index is 2.31. The van der Waals surface area contributed by atoms with E-state index in [4.69, 9.17) is 0 Å². The Kier molecular flexibility index (Phi) is 2.44. The van der Waals surface area contributed by atoms with Crippen LogP contribution in [0.15, 0.2) is 18.2 Å². The van der Waals surface area contributed by atoms with Crippen molar-refractivity contribution in [3.8, 4) is 0 Å². The Labute approximate surface area is 90.1 Å². The predicted molar refractivity (Wildman–Crippen MR) is 60.0 cm³/mol. The molecule has 1 aromatic rings. The van der Waals surface area contributed by atoms with E-state index >= 15 is 0 Å². The highest BCUT2D eigenvalue weighted by Gasteiger charge is 2.32. The maximum atomic E-state index is 11.7. The maximum absolute atomic E-state index is 11.7. The van der Waals surface area contributed by atoms with Crippen LogP contribution in [0, 0.1) is 13.8 Å². The molecule has 1 fully saturated rings. The van der Waals surface area contributed by atoms with Crippen LogP contribution < -0.4 is 4.72 Å². The average molecular weight is 226 g/mol. The normalized spacial score (nSPS) is 16.4. The van der Waals surface area contributed by atoms with Crippen LogP contribution in [0.3, 0.4) is 0 Å². The van der Waals surface area contributed by atoms with Crippen molar-refractivity contribution in [1.82, 2.24) is 4.31 Å². The van der Waals surface area contributed by atoms with Crippen LogP contribution in [-0.2, 0) is 10.2 Å². The molecule has 0 spiro atoms. The van der Waals surface area contributed by atoms with Crippen molar-refractivity contribution < 1.29 is 8.42 Å². The lowest BCUT2D eigenvalue weighted by molar-refractivity contribution is 0.569. The van der Waals surface area contributed by atoms with Crippen molar-refractivity contribution in [2.45, 2.75) is 13.8 Å². The molecule has 0 bridgehead atoms. The van der Waals surface area contributed by atoms with Gasteiger partial charge in [-0.1, -0.05) is 18.2 Å². The van der Waals surface area contributed by atoms with Crippen molar-refractivity contribution in [1.29, 1.82) is 0 Å². The zero-order chi connectivity index (χ0) is 11.1. The zero-order valence-electron chi connectivity index (χ0n) is 8.82. The molecule has 82 valence electrons. The van der Waals surface area contributed by atoms with E-state index in [0.717, 1.165) is 11.1 Å². The van der Waals surface area contributed by atoms with E-state index < -0.39 is 10.2 Å². The first-order valence-corrected chi connectivity index (χ1v) is 6.29. The van der Waals surface area contributed by atoms with E-state index in [1.54, 1.807) is 0 Å². The number of aryl methyl sites for hydroxylation is 2. The van der Waals surface area contributed by atoms with Crippen LogP contribution in [0.1, 0.15) is 11.1 Å². The highest BCUT2D eigenvalue weighted by atomic mass is 32.2. The predicted octanol–water partition coefficient (Wildman–Crippen LogP) is 1.28. The maximum Gasteiger partial charge on any atom is 0.301 e. The Morgan fingerprint density at radius 2 is 1.73 bits per heavy atom. The Morgan fingerprint density at radius 1 is 1.20 bits per heavy atom. The Bertz CT molecular complexity index is 458. The molecule has 0 aromatic heterocycles. The van der Waals surface area contributed by atoms with Gasteiger partial charge in [0.25, 0.3) is 0 Å². The molecule has 1 aliphatic rings. The van der Waals surface area contributed by atoms with Crippen LogP contribution in [0.5, 0.6) is 0 Å². The molecule has 2 rings (SSSR count). The van der Waals surface area contributed by atoms with Gasteiger partial charge < -0.3 is 0 Å². The Hall–Kier alpha value is -1.07. The number of benzene rings is 1. The summed E-state index contributed by atoms with van der Waals surface area (Å²) in [5.74, 6) is 0. The van der Waals surface area contributed by atoms with Crippen LogP contribution in [0.2, 0.25) is 0 Å². The lowest BCUT2D eigenvalue weighted by atomic mass is 10.1. The van der Waals surface area contributed by atoms with Crippen LogP contribution in [0.4, 0.5) is 5.69 Å². The fraction of sp³-hybridized carbons (Fsp3) is 0.400. The van der Waals surface area contributed by atoms with Gasteiger partial charge in [0.1, 0.15) is 0 Å². The smallest absolute Gasteiger partial charge is 0.270 e. The summed E-state index contributed by atoms with van der Waals surface area (Å²) in [5.41, 5.74) is 2.59. The van der Waals surface area contributed by atoms with Crippen molar-refractivity contribution in [3.05, 3.63) is 29.3 Å². The molecule has 15 heavy (non-hydrogen) atoms. The van der Waals surface area contributed by atoms with Gasteiger partial charge in [0.05, 0.1) is 5.69 Å². The van der Waals surface area contributed by atoms with Gasteiger partial charge in [-0.05, 0) is 25.0 Å². The minimum absolute atomic E-state index is 0.625. The second-order valence-corrected chi connectivity index (χ2v) is 5.44. The van der Waals surface area contributed by atoms with Crippen LogP contribution in [0.25, 0.3) is 0 Å². The summed E-state index contributed by atoms with van der Waals surface area (Å²) in [6.45, 7) is 5.04. The molecule has 0 saturated carbocycles. The summed E-state index contributed by atoms with van der Waals surface area (Å²) in [6, 6.07) is 5.71. The molecule has 1 aromatic carbocycles. The summed E-state index contributed by atoms with van der Waals surface area (Å²) in [4.78, 5) is 0. The second-order valence-electron chi connectivity index (χ2n) is 3.77. The van der Waals surface area contributed by atoms with E-state index in [1.165, 1.54) is 4.31 Å². The van der Waals surface area contributed by atoms with E-state index in [2.05, 4.69) is 4.72 Å². The van der Waals surface area contributed by atoms with E-state index in [1.807, 2.05) is 32.0 Å². The third-order valence-corrected chi connectivity index (χ3v) is 3.97. The van der Waals surface area contributed by atoms with Gasteiger partial charge in [0.15, 0.2) is 0 Å². The minimum Gasteiger partial charge on any atom is -0.270 e. The molecule has 0 atom stereocenters. The number of hydrogen-bond donors (Lipinski definition) is 1. The second kappa shape index (κ2) is 3.50. The van der Waals surface area contributed by atoms with E-state index in [-0.39, 0.29) is 0 Å². The zero-order valence-corrected chi connectivity index (χ0v) is 9.63. The standard InChI is InChI=1S/C10H14N2O2S/c1-8-4-3-5-9(2)10(8)11-15(13,14)12-6-7-12/h3-5,11H,6-7H2,1-2H3. The first-order valence-electron chi connectivity index (χ1n) is 4.85. The SMILES string of the molecule is Cc1cccc(C)c1NS(=O)(=O)N1CC1. The first kappa shape index (κ1) is 10.4. The molecule has 5 heteroatoms. The van der Waals surface area contributed by atoms with E-state index in [0.29, 0.717) is 18.8 Å². The van der Waals surface area contributed by atoms with Gasteiger partial charge in [0.2, 0.25) is 0 Å². The quantitative estimate of drug-likeness (QED) is 0.789. The molecule has 1 saturated heterocycles. The summed E-state index contributed by atoms with van der Waals surface area (Å²) >= 11 is 0. The van der Waals surface area contributed by atoms with Gasteiger partial charge in [-0.25, -0.2) is 0 Å². The molecule has 1 heterocycles. The van der Waals surface area contributed by atoms with Crippen molar-refractivity contribution in [2.24, 2.45) is 0 Å². The van der Waals surface area contributed by atoms with Crippen molar-refractivity contribution in [2.75, 3.05) is 17.8 Å². The number of para-hydroxylation sites is 1. The van der Waals surface area contributed by atoms with Crippen molar-refractivity contribution >= 4 is 15.9 Å². The average Bonchev–Trinajstić information content (AvgIpc) is 2.94. The monoisotopic (exact) mass is 226 g/mol. The molecule has 1 N–H and O–H groups in total. The van der Waals surface area contributed by atoms with Crippen LogP contribution in [-0.4, -0.2) is 25.8 Å². The van der Waals surface area contributed by atoms with Gasteiger partial charge in [-0.2, -0.15) is 12.7 Å². The molecule has 0 amide bonds. The van der Waals surface area contributed by atoms with Gasteiger partial charge in [-0.15, -0.1) is 0 Å². The number of anilines is 1. The Morgan fingerprint density at radius 3 is 2.20 bits per heavy atom. The summed E-state index contributed by atoms with van der Waals surface area (Å²) in [7, 11) is -3.30. The fourth-order valence-corrected chi connectivity index (χ4v) is 2.72. The molecule has 0 aliphatic carbocycles. The van der Waals surface area contributed by atoms with Gasteiger partial charge in [-0.3, -0.25) is 4.72 Å². The molecular formula is C10H14N2O2S. The lowest BCUT2D eigenvalue weighted by Gasteiger charge is -2.12. The molecule has 1 aliphatic heterocycles. The molecule has 0 unspecified atom stereocenters. The highest BCUT2D eigenvalue weighted by molar-refractivity contribution is 7.90. The molecular weight excluding hydrogens is 212 g/mol. The third kappa shape index (κ3) is 2.13. The summed E-state index contributed by atoms with van der Waals surface area (Å²) < 4.78 is 27.4. The third-order valence-electron chi connectivity index (χ3n) is 2.46. The number of rotatable bonds is 3. The fourth-order valence-electron chi connectivity index (χ4n) is 1.45. The topological polar surface area (TPSA) is 49.2 Å². The molecule has 4 nitrogen and oxygen atoms in total. The summed E-state index contributed by atoms with van der Waals surface area (Å²) in [6.07, 6.45) is 0. The van der Waals surface area contributed by atoms with Gasteiger partial charge >= 0.3 is 10.2 Å². The number of nitrogens with zero attached hydrogens (tertiary/aromatic N) is 1. The molecule has 0 radical (unpaired) electrons. The van der Waals surface area contributed by atoms with Crippen LogP contribution >= 0.6 is 0 Å². The first-order chi connectivity index (χ1) is 7.00.